The molecule has 1 saturated heterocycles. The topological polar surface area (TPSA) is 97.4 Å². The number of nitrogens with zero attached hydrogens (tertiary/aromatic N) is 1. The minimum absolute atomic E-state index is 0.0483. The summed E-state index contributed by atoms with van der Waals surface area (Å²) in [6.07, 6.45) is 4.63. The van der Waals surface area contributed by atoms with Gasteiger partial charge in [0.15, 0.2) is 0 Å². The van der Waals surface area contributed by atoms with Crippen molar-refractivity contribution in [2.45, 2.75) is 36.9 Å². The number of hydrogen-bond acceptors (Lipinski definition) is 5. The first-order valence-corrected chi connectivity index (χ1v) is 6.54. The highest BCUT2D eigenvalue weighted by Gasteiger charge is 2.91. The molecule has 5 atom stereocenters. The number of amidine groups is 1. The lowest BCUT2D eigenvalue weighted by Crippen LogP contribution is -3.02. The molecule has 3 aliphatic carbocycles. The van der Waals surface area contributed by atoms with Crippen molar-refractivity contribution in [2.75, 3.05) is 7.05 Å². The maximum Gasteiger partial charge on any atom is 0.143 e. The highest BCUT2D eigenvalue weighted by atomic mass is 16.5. The predicted octanol–water partition coefficient (Wildman–Crippen LogP) is -0.433. The molecule has 4 fully saturated rings. The normalized spacial score (nSPS) is 51.7. The maximum atomic E-state index is 9.82. The number of hydroxylamine groups is 2. The van der Waals surface area contributed by atoms with E-state index in [-0.39, 0.29) is 11.0 Å². The molecular weight excluding hydrogens is 230 g/mol. The molecule has 5 unspecified atom stereocenters. The molecule has 4 rings (SSSR count). The van der Waals surface area contributed by atoms with E-state index in [1.165, 1.54) is 11.3 Å². The van der Waals surface area contributed by atoms with Gasteiger partial charge in [-0.1, -0.05) is 0 Å². The molecule has 6 N–H and O–H groups in total. The molecule has 1 aliphatic heterocycles. The summed E-state index contributed by atoms with van der Waals surface area (Å²) in [4.78, 5) is 0. The minimum atomic E-state index is 0.0483. The molecular formula is C12H19N5O. The third-order valence-electron chi connectivity index (χ3n) is 5.96. The SMILES string of the molecule is CN/C(=C/N)C(=N)NC12CC3CC4N(O)C(C1)C342. The van der Waals surface area contributed by atoms with E-state index in [2.05, 4.69) is 10.6 Å². The van der Waals surface area contributed by atoms with Crippen LogP contribution in [-0.2, 0) is 0 Å². The number of likely N-dealkylation sites (N-methyl/N-ethyl adjacent to an activating group) is 1. The Morgan fingerprint density at radius 2 is 2.28 bits per heavy atom. The first-order chi connectivity index (χ1) is 8.60. The monoisotopic (exact) mass is 249 g/mol. The number of hydrogen-bond donors (Lipinski definition) is 5. The Labute approximate surface area is 106 Å². The summed E-state index contributed by atoms with van der Waals surface area (Å²) in [5.41, 5.74) is 6.44. The molecule has 0 amide bonds. The molecule has 0 radical (unpaired) electrons. The van der Waals surface area contributed by atoms with Crippen molar-refractivity contribution < 1.29 is 5.21 Å². The van der Waals surface area contributed by atoms with Gasteiger partial charge in [0.1, 0.15) is 5.84 Å². The van der Waals surface area contributed by atoms with Gasteiger partial charge in [0.05, 0.1) is 5.70 Å². The molecule has 6 nitrogen and oxygen atoms in total. The molecule has 1 heterocycles. The van der Waals surface area contributed by atoms with Crippen molar-refractivity contribution in [1.82, 2.24) is 15.7 Å². The molecule has 0 bridgehead atoms. The van der Waals surface area contributed by atoms with Crippen LogP contribution in [0.15, 0.2) is 11.9 Å². The zero-order chi connectivity index (χ0) is 12.7. The Morgan fingerprint density at radius 1 is 1.50 bits per heavy atom. The Kier molecular flexibility index (Phi) is 1.67. The quantitative estimate of drug-likeness (QED) is 0.345. The zero-order valence-electron chi connectivity index (χ0n) is 10.4. The third kappa shape index (κ3) is 0.753. The second-order valence-electron chi connectivity index (χ2n) is 6.10. The molecule has 0 aromatic rings. The highest BCUT2D eigenvalue weighted by Crippen LogP contribution is 2.83. The van der Waals surface area contributed by atoms with E-state index in [0.29, 0.717) is 23.6 Å². The number of rotatable bonds is 3. The molecule has 3 saturated carbocycles. The van der Waals surface area contributed by atoms with E-state index < -0.39 is 0 Å². The van der Waals surface area contributed by atoms with Gasteiger partial charge in [-0.3, -0.25) is 5.41 Å². The molecule has 0 aromatic carbocycles. The lowest BCUT2D eigenvalue weighted by molar-refractivity contribution is -0.477. The van der Waals surface area contributed by atoms with Gasteiger partial charge >= 0.3 is 0 Å². The van der Waals surface area contributed by atoms with Crippen molar-refractivity contribution in [3.05, 3.63) is 11.9 Å². The summed E-state index contributed by atoms with van der Waals surface area (Å²) < 4.78 is 0. The molecule has 0 aromatic heterocycles. The summed E-state index contributed by atoms with van der Waals surface area (Å²) in [6.45, 7) is 0. The summed E-state index contributed by atoms with van der Waals surface area (Å²) in [7, 11) is 1.77. The van der Waals surface area contributed by atoms with Crippen molar-refractivity contribution >= 4 is 5.84 Å². The fourth-order valence-corrected chi connectivity index (χ4v) is 5.22. The van der Waals surface area contributed by atoms with Crippen LogP contribution in [0.1, 0.15) is 19.3 Å². The van der Waals surface area contributed by atoms with E-state index in [1.807, 2.05) is 0 Å². The van der Waals surface area contributed by atoms with Gasteiger partial charge in [-0.05, 0) is 25.2 Å². The van der Waals surface area contributed by atoms with Crippen molar-refractivity contribution in [2.24, 2.45) is 17.1 Å². The van der Waals surface area contributed by atoms with Crippen LogP contribution in [0.3, 0.4) is 0 Å². The zero-order valence-corrected chi connectivity index (χ0v) is 10.4. The summed E-state index contributed by atoms with van der Waals surface area (Å²) in [5.74, 6) is 1.12. The standard InChI is InChI=1S/C12H19N5O/c1-15-7(5-13)10(14)16-11-3-6-2-8-12(6,11)9(4-11)17(8)18/h5-6,8-9,15,18H,2-4,13H2,1H3,(H2,14,16)/b7-5+. The fourth-order valence-electron chi connectivity index (χ4n) is 5.22. The molecule has 18 heavy (non-hydrogen) atoms. The summed E-state index contributed by atoms with van der Waals surface area (Å²) >= 11 is 0. The van der Waals surface area contributed by atoms with Crippen LogP contribution in [0.5, 0.6) is 0 Å². The van der Waals surface area contributed by atoms with Gasteiger partial charge in [0, 0.05) is 36.3 Å². The van der Waals surface area contributed by atoms with Crippen LogP contribution in [0.2, 0.25) is 0 Å². The smallest absolute Gasteiger partial charge is 0.143 e. The fraction of sp³-hybridized carbons (Fsp3) is 0.750. The number of piperidine rings is 2. The Balaban J connectivity index is 1.53. The van der Waals surface area contributed by atoms with Gasteiger partial charge in [-0.15, -0.1) is 0 Å². The molecule has 6 heteroatoms. The van der Waals surface area contributed by atoms with Gasteiger partial charge in [0.25, 0.3) is 0 Å². The Hall–Kier alpha value is -1.27. The van der Waals surface area contributed by atoms with Crippen LogP contribution in [0.4, 0.5) is 0 Å². The Morgan fingerprint density at radius 3 is 2.83 bits per heavy atom. The summed E-state index contributed by atoms with van der Waals surface area (Å²) in [5, 5.41) is 25.7. The van der Waals surface area contributed by atoms with E-state index in [9.17, 15) is 5.21 Å². The maximum absolute atomic E-state index is 9.82. The third-order valence-corrected chi connectivity index (χ3v) is 5.96. The van der Waals surface area contributed by atoms with Gasteiger partial charge in [-0.2, -0.15) is 5.06 Å². The molecule has 98 valence electrons. The molecule has 1 spiro atoms. The summed E-state index contributed by atoms with van der Waals surface area (Å²) in [6, 6.07) is 0.658. The lowest BCUT2D eigenvalue weighted by Gasteiger charge is -2.91. The van der Waals surface area contributed by atoms with Gasteiger partial charge in [-0.25, -0.2) is 0 Å². The number of nitrogens with one attached hydrogen (secondary N) is 3. The largest absolute Gasteiger partial charge is 0.403 e. The van der Waals surface area contributed by atoms with E-state index >= 15 is 0 Å². The van der Waals surface area contributed by atoms with Gasteiger partial charge < -0.3 is 21.6 Å². The van der Waals surface area contributed by atoms with Crippen molar-refractivity contribution in [3.8, 4) is 0 Å². The van der Waals surface area contributed by atoms with Crippen LogP contribution in [0, 0.1) is 16.7 Å². The van der Waals surface area contributed by atoms with E-state index in [4.69, 9.17) is 11.1 Å². The van der Waals surface area contributed by atoms with E-state index in [1.54, 1.807) is 7.05 Å². The first kappa shape index (κ1) is 10.6. The van der Waals surface area contributed by atoms with Crippen LogP contribution in [-0.4, -0.2) is 40.8 Å². The van der Waals surface area contributed by atoms with Gasteiger partial charge in [0.2, 0.25) is 0 Å². The molecule has 4 aliphatic rings. The second-order valence-corrected chi connectivity index (χ2v) is 6.10. The lowest BCUT2D eigenvalue weighted by atomic mass is 9.22. The highest BCUT2D eigenvalue weighted by molar-refractivity contribution is 5.96. The average Bonchev–Trinajstić information content (AvgIpc) is 2.29. The van der Waals surface area contributed by atoms with Crippen LogP contribution in [0.25, 0.3) is 0 Å². The second kappa shape index (κ2) is 2.83. The van der Waals surface area contributed by atoms with E-state index in [0.717, 1.165) is 25.2 Å². The van der Waals surface area contributed by atoms with Crippen LogP contribution < -0.4 is 16.4 Å². The van der Waals surface area contributed by atoms with Crippen molar-refractivity contribution in [1.29, 1.82) is 5.41 Å². The minimum Gasteiger partial charge on any atom is -0.403 e. The average molecular weight is 249 g/mol. The first-order valence-electron chi connectivity index (χ1n) is 6.54. The Bertz CT molecular complexity index is 469. The van der Waals surface area contributed by atoms with Crippen molar-refractivity contribution in [3.63, 3.8) is 0 Å². The predicted molar refractivity (Wildman–Crippen MR) is 65.9 cm³/mol. The number of nitrogens with two attached hydrogens (primary N) is 1. The van der Waals surface area contributed by atoms with Crippen LogP contribution >= 0.6 is 0 Å².